The molecule has 0 unspecified atom stereocenters. The average Bonchev–Trinajstić information content (AvgIpc) is 2.87. The number of nitrogens with one attached hydrogen (secondary N) is 1. The number of phenols is 2. The van der Waals surface area contributed by atoms with Crippen LogP contribution in [0.1, 0.15) is 31.2 Å². The third kappa shape index (κ3) is 3.15. The molecule has 1 aromatic rings. The molecule has 98 valence electrons. The summed E-state index contributed by atoms with van der Waals surface area (Å²) in [5, 5.41) is 21.4. The van der Waals surface area contributed by atoms with Crippen molar-refractivity contribution in [3.63, 3.8) is 0 Å². The van der Waals surface area contributed by atoms with E-state index in [1.54, 1.807) is 6.07 Å². The normalized spacial score (nSPS) is 15.8. The molecule has 1 aliphatic carbocycles. The van der Waals surface area contributed by atoms with Crippen LogP contribution in [0.2, 0.25) is 0 Å². The number of hydrogen-bond acceptors (Lipinski definition) is 3. The molecule has 3 N–H and O–H groups in total. The smallest absolute Gasteiger partial charge is 0.223 e. The van der Waals surface area contributed by atoms with Crippen LogP contribution in [0, 0.1) is 5.92 Å². The van der Waals surface area contributed by atoms with Crippen molar-refractivity contribution in [2.24, 2.45) is 5.92 Å². The Morgan fingerprint density at radius 1 is 1.22 bits per heavy atom. The van der Waals surface area contributed by atoms with E-state index in [9.17, 15) is 15.0 Å². The van der Waals surface area contributed by atoms with Gasteiger partial charge in [-0.15, -0.1) is 0 Å². The van der Waals surface area contributed by atoms with Crippen LogP contribution < -0.4 is 5.32 Å². The zero-order valence-corrected chi connectivity index (χ0v) is 10.4. The summed E-state index contributed by atoms with van der Waals surface area (Å²) in [7, 11) is 0. The Morgan fingerprint density at radius 3 is 2.61 bits per heavy atom. The monoisotopic (exact) mass is 249 g/mol. The number of benzene rings is 1. The molecule has 1 aromatic carbocycles. The second-order valence-corrected chi connectivity index (χ2v) is 4.85. The minimum Gasteiger partial charge on any atom is -0.504 e. The van der Waals surface area contributed by atoms with Gasteiger partial charge in [0, 0.05) is 12.5 Å². The molecule has 0 spiro atoms. The Kier molecular flexibility index (Phi) is 4.07. The first-order chi connectivity index (χ1) is 8.66. The molecule has 1 amide bonds. The number of carbonyl (C=O) groups excluding carboxylic acids is 1. The topological polar surface area (TPSA) is 69.6 Å². The van der Waals surface area contributed by atoms with E-state index in [0.29, 0.717) is 13.0 Å². The highest BCUT2D eigenvalue weighted by atomic mass is 16.3. The predicted octanol–water partition coefficient (Wildman–Crippen LogP) is 1.95. The van der Waals surface area contributed by atoms with Crippen LogP contribution in [0.4, 0.5) is 0 Å². The molecule has 1 saturated carbocycles. The van der Waals surface area contributed by atoms with E-state index in [2.05, 4.69) is 5.32 Å². The van der Waals surface area contributed by atoms with Gasteiger partial charge in [-0.25, -0.2) is 0 Å². The van der Waals surface area contributed by atoms with Gasteiger partial charge in [0.1, 0.15) is 0 Å². The third-order valence-corrected chi connectivity index (χ3v) is 3.48. The highest BCUT2D eigenvalue weighted by Crippen LogP contribution is 2.25. The molecule has 0 bridgehead atoms. The van der Waals surface area contributed by atoms with Crippen molar-refractivity contribution in [2.45, 2.75) is 32.1 Å². The Balaban J connectivity index is 1.77. The molecule has 0 radical (unpaired) electrons. The van der Waals surface area contributed by atoms with E-state index in [4.69, 9.17) is 0 Å². The minimum atomic E-state index is -0.117. The lowest BCUT2D eigenvalue weighted by Gasteiger charge is -2.10. The number of aromatic hydroxyl groups is 2. The number of carbonyl (C=O) groups is 1. The third-order valence-electron chi connectivity index (χ3n) is 3.48. The first-order valence-electron chi connectivity index (χ1n) is 6.45. The summed E-state index contributed by atoms with van der Waals surface area (Å²) in [5.74, 6) is 0.108. The molecule has 4 heteroatoms. The quantitative estimate of drug-likeness (QED) is 0.714. The SMILES string of the molecule is O=C(NCCc1ccc(O)c(O)c1)C1CCCC1. The van der Waals surface area contributed by atoms with Gasteiger partial charge in [0.2, 0.25) is 5.91 Å². The number of hydrogen-bond donors (Lipinski definition) is 3. The maximum atomic E-state index is 11.8. The van der Waals surface area contributed by atoms with Crippen molar-refractivity contribution < 1.29 is 15.0 Å². The Hall–Kier alpha value is -1.71. The lowest BCUT2D eigenvalue weighted by molar-refractivity contribution is -0.124. The summed E-state index contributed by atoms with van der Waals surface area (Å²) in [5.41, 5.74) is 0.900. The predicted molar refractivity (Wildman–Crippen MR) is 68.4 cm³/mol. The van der Waals surface area contributed by atoms with Crippen molar-refractivity contribution in [2.75, 3.05) is 6.54 Å². The fourth-order valence-corrected chi connectivity index (χ4v) is 2.39. The second kappa shape index (κ2) is 5.76. The molecular formula is C14H19NO3. The van der Waals surface area contributed by atoms with Gasteiger partial charge in [-0.3, -0.25) is 4.79 Å². The highest BCUT2D eigenvalue weighted by Gasteiger charge is 2.21. The zero-order valence-electron chi connectivity index (χ0n) is 10.4. The van der Waals surface area contributed by atoms with E-state index in [-0.39, 0.29) is 23.3 Å². The number of phenolic OH excluding ortho intramolecular Hbond substituents is 2. The summed E-state index contributed by atoms with van der Waals surface area (Å²) < 4.78 is 0. The number of amides is 1. The lowest BCUT2D eigenvalue weighted by atomic mass is 10.1. The molecule has 2 rings (SSSR count). The van der Waals surface area contributed by atoms with Gasteiger partial charge in [0.15, 0.2) is 11.5 Å². The van der Waals surface area contributed by atoms with Crippen LogP contribution in [0.25, 0.3) is 0 Å². The van der Waals surface area contributed by atoms with Crippen LogP contribution in [0.15, 0.2) is 18.2 Å². The van der Waals surface area contributed by atoms with Crippen molar-refractivity contribution in [3.05, 3.63) is 23.8 Å². The van der Waals surface area contributed by atoms with Crippen LogP contribution in [0.5, 0.6) is 11.5 Å². The van der Waals surface area contributed by atoms with Crippen molar-refractivity contribution >= 4 is 5.91 Å². The van der Waals surface area contributed by atoms with Crippen LogP contribution >= 0.6 is 0 Å². The standard InChI is InChI=1S/C14H19NO3/c16-12-6-5-10(9-13(12)17)7-8-15-14(18)11-3-1-2-4-11/h5-6,9,11,16-17H,1-4,7-8H2,(H,15,18). The van der Waals surface area contributed by atoms with Gasteiger partial charge in [-0.2, -0.15) is 0 Å². The summed E-state index contributed by atoms with van der Waals surface area (Å²) in [6, 6.07) is 4.73. The molecule has 0 aromatic heterocycles. The molecule has 0 atom stereocenters. The van der Waals surface area contributed by atoms with Crippen molar-refractivity contribution in [1.82, 2.24) is 5.32 Å². The van der Waals surface area contributed by atoms with Gasteiger partial charge < -0.3 is 15.5 Å². The molecule has 18 heavy (non-hydrogen) atoms. The van der Waals surface area contributed by atoms with Crippen LogP contribution in [-0.2, 0) is 11.2 Å². The summed E-state index contributed by atoms with van der Waals surface area (Å²) >= 11 is 0. The maximum Gasteiger partial charge on any atom is 0.223 e. The van der Waals surface area contributed by atoms with Crippen LogP contribution in [0.3, 0.4) is 0 Å². The van der Waals surface area contributed by atoms with Gasteiger partial charge in [-0.1, -0.05) is 18.9 Å². The minimum absolute atomic E-state index is 0.116. The molecule has 4 nitrogen and oxygen atoms in total. The number of rotatable bonds is 4. The second-order valence-electron chi connectivity index (χ2n) is 4.85. The van der Waals surface area contributed by atoms with Gasteiger partial charge in [-0.05, 0) is 37.0 Å². The van der Waals surface area contributed by atoms with Gasteiger partial charge in [0.25, 0.3) is 0 Å². The first-order valence-corrected chi connectivity index (χ1v) is 6.45. The summed E-state index contributed by atoms with van der Waals surface area (Å²) in [6.45, 7) is 0.569. The first kappa shape index (κ1) is 12.7. The molecular weight excluding hydrogens is 230 g/mol. The van der Waals surface area contributed by atoms with Crippen molar-refractivity contribution in [3.8, 4) is 11.5 Å². The maximum absolute atomic E-state index is 11.8. The molecule has 0 heterocycles. The molecule has 0 aliphatic heterocycles. The van der Waals surface area contributed by atoms with Crippen LogP contribution in [-0.4, -0.2) is 22.7 Å². The van der Waals surface area contributed by atoms with Crippen molar-refractivity contribution in [1.29, 1.82) is 0 Å². The van der Waals surface area contributed by atoms with Gasteiger partial charge in [0.05, 0.1) is 0 Å². The zero-order chi connectivity index (χ0) is 13.0. The fraction of sp³-hybridized carbons (Fsp3) is 0.500. The van der Waals surface area contributed by atoms with Gasteiger partial charge >= 0.3 is 0 Å². The van der Waals surface area contributed by atoms with E-state index in [1.807, 2.05) is 0 Å². The average molecular weight is 249 g/mol. The molecule has 1 aliphatic rings. The van der Waals surface area contributed by atoms with E-state index >= 15 is 0 Å². The Morgan fingerprint density at radius 2 is 1.94 bits per heavy atom. The molecule has 1 fully saturated rings. The van der Waals surface area contributed by atoms with E-state index in [1.165, 1.54) is 12.1 Å². The van der Waals surface area contributed by atoms with E-state index in [0.717, 1.165) is 31.2 Å². The van der Waals surface area contributed by atoms with E-state index < -0.39 is 0 Å². The lowest BCUT2D eigenvalue weighted by Crippen LogP contribution is -2.30. The Labute approximate surface area is 107 Å². The summed E-state index contributed by atoms with van der Waals surface area (Å²) in [6.07, 6.45) is 4.98. The summed E-state index contributed by atoms with van der Waals surface area (Å²) in [4.78, 5) is 11.8. The Bertz CT molecular complexity index is 425. The molecule has 0 saturated heterocycles. The highest BCUT2D eigenvalue weighted by molar-refractivity contribution is 5.78. The fourth-order valence-electron chi connectivity index (χ4n) is 2.39. The largest absolute Gasteiger partial charge is 0.504 e.